The van der Waals surface area contributed by atoms with Gasteiger partial charge < -0.3 is 20.2 Å². The molecule has 80 valence electrons. The normalized spacial score (nSPS) is 32.8. The largest absolute Gasteiger partial charge is 0.479 e. The number of carboxylic acids is 1. The van der Waals surface area contributed by atoms with Crippen LogP contribution in [0.15, 0.2) is 0 Å². The van der Waals surface area contributed by atoms with E-state index in [0.29, 0.717) is 0 Å². The molecule has 0 aromatic carbocycles. The van der Waals surface area contributed by atoms with Gasteiger partial charge in [0.15, 0.2) is 0 Å². The molecule has 2 atom stereocenters. The van der Waals surface area contributed by atoms with Crippen molar-refractivity contribution in [3.05, 3.63) is 0 Å². The summed E-state index contributed by atoms with van der Waals surface area (Å²) in [6.07, 6.45) is -1.25. The standard InChI is InChI=1S/C8H13NO5/c1-5(10)9-3-2-6(11)8(14,4-9)7(12)13/h6,11,14H,2-4H2,1H3,(H,12,13)/t6-,8+/m1/s1. The predicted octanol–water partition coefficient (Wildman–Crippen LogP) is -1.58. The topological polar surface area (TPSA) is 98.1 Å². The minimum absolute atomic E-state index is 0.0718. The molecule has 6 heteroatoms. The molecule has 0 bridgehead atoms. The first-order chi connectivity index (χ1) is 6.38. The van der Waals surface area contributed by atoms with Crippen LogP contribution >= 0.6 is 0 Å². The molecule has 1 saturated heterocycles. The summed E-state index contributed by atoms with van der Waals surface area (Å²) in [6, 6.07) is 0. The van der Waals surface area contributed by atoms with Crippen molar-refractivity contribution in [1.82, 2.24) is 4.90 Å². The fraction of sp³-hybridized carbons (Fsp3) is 0.750. The van der Waals surface area contributed by atoms with Gasteiger partial charge in [-0.3, -0.25) is 4.79 Å². The quantitative estimate of drug-likeness (QED) is 0.477. The summed E-state index contributed by atoms with van der Waals surface area (Å²) in [5.41, 5.74) is -2.23. The molecule has 0 aromatic rings. The van der Waals surface area contributed by atoms with Crippen LogP contribution in [-0.2, 0) is 9.59 Å². The highest BCUT2D eigenvalue weighted by molar-refractivity contribution is 5.81. The second kappa shape index (κ2) is 3.55. The average molecular weight is 203 g/mol. The lowest BCUT2D eigenvalue weighted by molar-refractivity contribution is -0.183. The van der Waals surface area contributed by atoms with Crippen molar-refractivity contribution in [3.63, 3.8) is 0 Å². The molecule has 6 nitrogen and oxygen atoms in total. The summed E-state index contributed by atoms with van der Waals surface area (Å²) in [5.74, 6) is -1.81. The molecule has 1 rings (SSSR count). The Morgan fingerprint density at radius 1 is 1.50 bits per heavy atom. The van der Waals surface area contributed by atoms with Gasteiger partial charge in [0.1, 0.15) is 0 Å². The Hall–Kier alpha value is -1.14. The molecule has 14 heavy (non-hydrogen) atoms. The number of likely N-dealkylation sites (tertiary alicyclic amines) is 1. The summed E-state index contributed by atoms with van der Waals surface area (Å²) in [7, 11) is 0. The number of aliphatic hydroxyl groups is 2. The number of aliphatic carboxylic acids is 1. The number of carbonyl (C=O) groups is 2. The summed E-state index contributed by atoms with van der Waals surface area (Å²) < 4.78 is 0. The predicted molar refractivity (Wildman–Crippen MR) is 45.5 cm³/mol. The molecule has 1 amide bonds. The number of aliphatic hydroxyl groups excluding tert-OH is 1. The summed E-state index contributed by atoms with van der Waals surface area (Å²) in [6.45, 7) is 1.20. The van der Waals surface area contributed by atoms with Gasteiger partial charge in [0, 0.05) is 13.5 Å². The number of hydrogen-bond acceptors (Lipinski definition) is 4. The first-order valence-electron chi connectivity index (χ1n) is 4.27. The molecule has 0 radical (unpaired) electrons. The smallest absolute Gasteiger partial charge is 0.340 e. The van der Waals surface area contributed by atoms with Gasteiger partial charge in [0.05, 0.1) is 12.6 Å². The van der Waals surface area contributed by atoms with Gasteiger partial charge in [-0.05, 0) is 6.42 Å². The third-order valence-corrected chi connectivity index (χ3v) is 2.47. The van der Waals surface area contributed by atoms with Crippen LogP contribution in [0.1, 0.15) is 13.3 Å². The molecular weight excluding hydrogens is 190 g/mol. The maximum Gasteiger partial charge on any atom is 0.340 e. The zero-order chi connectivity index (χ0) is 10.9. The molecule has 0 aliphatic carbocycles. The fourth-order valence-corrected chi connectivity index (χ4v) is 1.47. The van der Waals surface area contributed by atoms with Gasteiger partial charge >= 0.3 is 5.97 Å². The lowest BCUT2D eigenvalue weighted by Crippen LogP contribution is -2.62. The van der Waals surface area contributed by atoms with Crippen molar-refractivity contribution in [1.29, 1.82) is 0 Å². The summed E-state index contributed by atoms with van der Waals surface area (Å²) >= 11 is 0. The molecule has 1 aliphatic rings. The van der Waals surface area contributed by atoms with Crippen LogP contribution in [-0.4, -0.2) is 56.9 Å². The van der Waals surface area contributed by atoms with E-state index in [1.54, 1.807) is 0 Å². The van der Waals surface area contributed by atoms with Gasteiger partial charge in [-0.15, -0.1) is 0 Å². The Balaban J connectivity index is 2.83. The van der Waals surface area contributed by atoms with E-state index in [1.807, 2.05) is 0 Å². The summed E-state index contributed by atoms with van der Waals surface area (Å²) in [4.78, 5) is 22.9. The monoisotopic (exact) mass is 203 g/mol. The average Bonchev–Trinajstić information content (AvgIpc) is 2.09. The molecule has 0 unspecified atom stereocenters. The van der Waals surface area contributed by atoms with E-state index in [-0.39, 0.29) is 25.4 Å². The number of piperidine rings is 1. The lowest BCUT2D eigenvalue weighted by Gasteiger charge is -2.39. The number of nitrogens with zero attached hydrogens (tertiary/aromatic N) is 1. The third kappa shape index (κ3) is 1.71. The maximum absolute atomic E-state index is 11.0. The molecule has 1 aliphatic heterocycles. The highest BCUT2D eigenvalue weighted by Crippen LogP contribution is 2.22. The van der Waals surface area contributed by atoms with Crippen LogP contribution in [0.4, 0.5) is 0 Å². The number of amides is 1. The highest BCUT2D eigenvalue weighted by atomic mass is 16.4. The van der Waals surface area contributed by atoms with E-state index in [9.17, 15) is 19.8 Å². The number of carboxylic acid groups (broad SMARTS) is 1. The van der Waals surface area contributed by atoms with Crippen LogP contribution in [0.25, 0.3) is 0 Å². The van der Waals surface area contributed by atoms with Gasteiger partial charge in [0.2, 0.25) is 11.5 Å². The molecule has 0 saturated carbocycles. The van der Waals surface area contributed by atoms with Crippen molar-refractivity contribution in [3.8, 4) is 0 Å². The van der Waals surface area contributed by atoms with Gasteiger partial charge in [-0.2, -0.15) is 0 Å². The van der Waals surface area contributed by atoms with E-state index in [4.69, 9.17) is 5.11 Å². The third-order valence-electron chi connectivity index (χ3n) is 2.47. The number of hydrogen-bond donors (Lipinski definition) is 3. The minimum atomic E-state index is -2.23. The van der Waals surface area contributed by atoms with Gasteiger partial charge in [-0.1, -0.05) is 0 Å². The SMILES string of the molecule is CC(=O)N1CC[C@@H](O)[C@](O)(C(=O)O)C1. The van der Waals surface area contributed by atoms with E-state index < -0.39 is 17.7 Å². The first kappa shape index (κ1) is 10.9. The Morgan fingerprint density at radius 3 is 2.50 bits per heavy atom. The maximum atomic E-state index is 11.0. The van der Waals surface area contributed by atoms with Crippen LogP contribution in [0.3, 0.4) is 0 Å². The van der Waals surface area contributed by atoms with Crippen LogP contribution in [0.5, 0.6) is 0 Å². The van der Waals surface area contributed by atoms with Crippen molar-refractivity contribution in [2.45, 2.75) is 25.0 Å². The van der Waals surface area contributed by atoms with Crippen molar-refractivity contribution >= 4 is 11.9 Å². The fourth-order valence-electron chi connectivity index (χ4n) is 1.47. The number of β-amino-alcohol motifs (C(OH)–C–C–N with tert-alkyl or cyclic N) is 1. The van der Waals surface area contributed by atoms with Crippen molar-refractivity contribution in [2.24, 2.45) is 0 Å². The zero-order valence-electron chi connectivity index (χ0n) is 7.80. The highest BCUT2D eigenvalue weighted by Gasteiger charge is 2.48. The Morgan fingerprint density at radius 2 is 2.07 bits per heavy atom. The summed E-state index contributed by atoms with van der Waals surface area (Å²) in [5, 5.41) is 27.6. The van der Waals surface area contributed by atoms with Crippen molar-refractivity contribution < 1.29 is 24.9 Å². The van der Waals surface area contributed by atoms with Gasteiger partial charge in [-0.25, -0.2) is 4.79 Å². The molecule has 1 heterocycles. The van der Waals surface area contributed by atoms with E-state index in [1.165, 1.54) is 11.8 Å². The number of carbonyl (C=O) groups excluding carboxylic acids is 1. The second-order valence-electron chi connectivity index (χ2n) is 3.47. The zero-order valence-corrected chi connectivity index (χ0v) is 7.80. The van der Waals surface area contributed by atoms with Gasteiger partial charge in [0.25, 0.3) is 0 Å². The molecule has 0 aromatic heterocycles. The van der Waals surface area contributed by atoms with E-state index >= 15 is 0 Å². The van der Waals surface area contributed by atoms with Crippen LogP contribution in [0.2, 0.25) is 0 Å². The van der Waals surface area contributed by atoms with Crippen LogP contribution < -0.4 is 0 Å². The molecule has 3 N–H and O–H groups in total. The number of rotatable bonds is 1. The van der Waals surface area contributed by atoms with Crippen LogP contribution in [0, 0.1) is 0 Å². The minimum Gasteiger partial charge on any atom is -0.479 e. The molecular formula is C8H13NO5. The molecule has 1 fully saturated rings. The Kier molecular flexibility index (Phi) is 2.77. The molecule has 0 spiro atoms. The lowest BCUT2D eigenvalue weighted by atomic mass is 9.90. The first-order valence-corrected chi connectivity index (χ1v) is 4.27. The second-order valence-corrected chi connectivity index (χ2v) is 3.47. The Labute approximate surface area is 80.8 Å². The van der Waals surface area contributed by atoms with Crippen molar-refractivity contribution in [2.75, 3.05) is 13.1 Å². The van der Waals surface area contributed by atoms with E-state index in [0.717, 1.165) is 0 Å². The Bertz CT molecular complexity index is 266. The van der Waals surface area contributed by atoms with E-state index in [2.05, 4.69) is 0 Å².